The third-order valence-corrected chi connectivity index (χ3v) is 15.1. The van der Waals surface area contributed by atoms with Crippen molar-refractivity contribution in [3.05, 3.63) is 85.1 Å². The Morgan fingerprint density at radius 2 is 0.821 bits per heavy atom. The van der Waals surface area contributed by atoms with E-state index in [-0.39, 0.29) is 31.5 Å². The number of rotatable bonds is 58. The van der Waals surface area contributed by atoms with Gasteiger partial charge in [0, 0.05) is 12.8 Å². The number of nitrogens with zero attached hydrogens (tertiary/aromatic N) is 1. The molecule has 0 saturated heterocycles. The highest BCUT2D eigenvalue weighted by Crippen LogP contribution is 2.43. The van der Waals surface area contributed by atoms with Crippen molar-refractivity contribution >= 4 is 19.7 Å². The van der Waals surface area contributed by atoms with Gasteiger partial charge in [0.2, 0.25) is 5.91 Å². The summed E-state index contributed by atoms with van der Waals surface area (Å²) >= 11 is 0. The summed E-state index contributed by atoms with van der Waals surface area (Å²) in [5, 5.41) is 3.05. The third kappa shape index (κ3) is 57.9. The Kier molecular flexibility index (Phi) is 55.4. The maximum absolute atomic E-state index is 13.5. The summed E-state index contributed by atoms with van der Waals surface area (Å²) in [6.45, 7) is 6.89. The molecule has 0 rings (SSSR count). The van der Waals surface area contributed by atoms with Gasteiger partial charge in [-0.15, -0.1) is 0 Å². The topological polar surface area (TPSA) is 111 Å². The molecule has 0 aromatic rings. The van der Waals surface area contributed by atoms with E-state index >= 15 is 0 Å². The molecule has 452 valence electrons. The molecule has 0 radical (unpaired) electrons. The zero-order valence-electron chi connectivity index (χ0n) is 51.6. The van der Waals surface area contributed by atoms with Crippen molar-refractivity contribution in [3.63, 3.8) is 0 Å². The van der Waals surface area contributed by atoms with E-state index in [0.717, 1.165) is 122 Å². The molecule has 2 N–H and O–H groups in total. The highest BCUT2D eigenvalue weighted by Gasteiger charge is 2.30. The number of likely N-dealkylation sites (N-methyl/N-ethyl adjacent to an activating group) is 1. The molecule has 0 aliphatic carbocycles. The molecule has 9 nitrogen and oxygen atoms in total. The van der Waals surface area contributed by atoms with Crippen LogP contribution in [-0.2, 0) is 27.9 Å². The number of ether oxygens (including phenoxy) is 1. The number of unbranched alkanes of at least 4 members (excludes halogenated alkanes) is 30. The number of hydrogen-bond donors (Lipinski definition) is 2. The van der Waals surface area contributed by atoms with Crippen LogP contribution in [0.1, 0.15) is 284 Å². The summed E-state index contributed by atoms with van der Waals surface area (Å²) in [6, 6.07) is -0.858. The predicted molar refractivity (Wildman–Crippen MR) is 337 cm³/mol. The van der Waals surface area contributed by atoms with Gasteiger partial charge >= 0.3 is 13.8 Å². The molecule has 0 spiro atoms. The minimum atomic E-state index is -4.45. The Morgan fingerprint density at radius 1 is 0.462 bits per heavy atom. The molecule has 0 heterocycles. The first-order chi connectivity index (χ1) is 37.9. The van der Waals surface area contributed by atoms with Crippen LogP contribution in [0.2, 0.25) is 0 Å². The third-order valence-electron chi connectivity index (χ3n) is 14.1. The molecule has 3 unspecified atom stereocenters. The van der Waals surface area contributed by atoms with Gasteiger partial charge in [-0.25, -0.2) is 4.57 Å². The number of nitrogens with one attached hydrogen (secondary N) is 1. The monoisotopic (exact) mass is 1110 g/mol. The summed E-state index contributed by atoms with van der Waals surface area (Å²) in [5.74, 6) is -0.521. The molecule has 0 bridgehead atoms. The summed E-state index contributed by atoms with van der Waals surface area (Å²) in [5.41, 5.74) is 0. The van der Waals surface area contributed by atoms with Crippen LogP contribution in [0.5, 0.6) is 0 Å². The van der Waals surface area contributed by atoms with Crippen molar-refractivity contribution in [1.82, 2.24) is 5.32 Å². The average Bonchev–Trinajstić information content (AvgIpc) is 3.41. The maximum atomic E-state index is 13.5. The van der Waals surface area contributed by atoms with Crippen molar-refractivity contribution in [1.29, 1.82) is 0 Å². The Bertz CT molecular complexity index is 1610. The summed E-state index contributed by atoms with van der Waals surface area (Å²) in [6.07, 6.45) is 75.8. The number of phosphoric acid groups is 1. The zero-order chi connectivity index (χ0) is 57.2. The highest BCUT2D eigenvalue weighted by atomic mass is 31.2. The molecule has 10 heteroatoms. The van der Waals surface area contributed by atoms with E-state index in [1.54, 1.807) is 0 Å². The van der Waals surface area contributed by atoms with Gasteiger partial charge < -0.3 is 19.4 Å². The standard InChI is InChI=1S/C68H123N2O7P/c1-7-10-13-16-19-22-25-27-29-31-32-33-34-35-36-37-38-39-41-43-46-49-52-55-58-61-68(72)77-66(59-56-53-50-47-44-24-21-18-15-12-9-3)65(64-76-78(73,74)75-63-62-70(4,5)6)69-67(71)60-57-54-51-48-45-42-40-30-28-26-23-20-17-14-11-8-2/h10,13,19,22,27,29-30,32-33,35-36,40,56,59,65-66H,7-9,11-12,14-18,20-21,23-26,28,31,34,37-39,41-55,57-58,60-64H2,1-6H3,(H-,69,71,73,74)/p+1/b13-10-,22-19-,29-27-,33-32-,36-35-,40-30+,59-56-. The van der Waals surface area contributed by atoms with E-state index in [4.69, 9.17) is 13.8 Å². The van der Waals surface area contributed by atoms with Gasteiger partial charge in [0.15, 0.2) is 0 Å². The largest absolute Gasteiger partial charge is 0.472 e. The van der Waals surface area contributed by atoms with Gasteiger partial charge in [-0.2, -0.15) is 0 Å². The van der Waals surface area contributed by atoms with Crippen LogP contribution in [0.3, 0.4) is 0 Å². The lowest BCUT2D eigenvalue weighted by Crippen LogP contribution is -2.47. The first kappa shape index (κ1) is 75.2. The summed E-state index contributed by atoms with van der Waals surface area (Å²) in [4.78, 5) is 37.7. The molecule has 0 aromatic carbocycles. The van der Waals surface area contributed by atoms with Crippen LogP contribution < -0.4 is 5.32 Å². The van der Waals surface area contributed by atoms with Crippen LogP contribution >= 0.6 is 7.82 Å². The quantitative estimate of drug-likeness (QED) is 0.0205. The number of esters is 1. The fraction of sp³-hybridized carbons (Fsp3) is 0.765. The number of amides is 1. The van der Waals surface area contributed by atoms with Gasteiger partial charge in [-0.3, -0.25) is 18.6 Å². The van der Waals surface area contributed by atoms with E-state index in [0.29, 0.717) is 17.4 Å². The SMILES string of the molecule is CC/C=C\C/C=C\C/C=C\C/C=C\C/C=C\CCCCCCCCCCCC(=O)OC(/C=C\CCCCCCCCCCC)C(COP(=O)(O)OCC[N+](C)(C)C)NC(=O)CCCCCCC/C=C/CCCCCCCCC. The second-order valence-corrected chi connectivity index (χ2v) is 24.4. The van der Waals surface area contributed by atoms with Gasteiger partial charge in [0.25, 0.3) is 0 Å². The summed E-state index contributed by atoms with van der Waals surface area (Å²) < 4.78 is 30.7. The second-order valence-electron chi connectivity index (χ2n) is 22.9. The second kappa shape index (κ2) is 57.4. The molecule has 0 saturated carbocycles. The number of hydrogen-bond acceptors (Lipinski definition) is 6. The predicted octanol–water partition coefficient (Wildman–Crippen LogP) is 20.2. The first-order valence-corrected chi connectivity index (χ1v) is 33.9. The lowest BCUT2D eigenvalue weighted by Gasteiger charge is -2.27. The van der Waals surface area contributed by atoms with E-state index in [1.165, 1.54) is 128 Å². The lowest BCUT2D eigenvalue weighted by atomic mass is 10.0. The molecular formula is C68H124N2O7P+. The number of carbonyl (C=O) groups excluding carboxylic acids is 2. The molecule has 0 fully saturated rings. The molecule has 0 aliphatic heterocycles. The van der Waals surface area contributed by atoms with Crippen LogP contribution in [0.15, 0.2) is 85.1 Å². The number of quaternary nitrogens is 1. The van der Waals surface area contributed by atoms with E-state index < -0.39 is 20.0 Å². The van der Waals surface area contributed by atoms with Crippen LogP contribution in [0.25, 0.3) is 0 Å². The normalized spacial score (nSPS) is 14.2. The van der Waals surface area contributed by atoms with Crippen molar-refractivity contribution < 1.29 is 37.3 Å². The average molecular weight is 1110 g/mol. The lowest BCUT2D eigenvalue weighted by molar-refractivity contribution is -0.870. The smallest absolute Gasteiger partial charge is 0.456 e. The Morgan fingerprint density at radius 3 is 1.24 bits per heavy atom. The fourth-order valence-electron chi connectivity index (χ4n) is 9.08. The minimum Gasteiger partial charge on any atom is -0.456 e. The van der Waals surface area contributed by atoms with Crippen LogP contribution in [0.4, 0.5) is 0 Å². The molecule has 1 amide bonds. The van der Waals surface area contributed by atoms with Crippen LogP contribution in [-0.4, -0.2) is 74.3 Å². The van der Waals surface area contributed by atoms with E-state index in [9.17, 15) is 19.0 Å². The Balaban J connectivity index is 5.13. The van der Waals surface area contributed by atoms with Gasteiger partial charge in [-0.05, 0) is 102 Å². The van der Waals surface area contributed by atoms with E-state index in [1.807, 2.05) is 33.3 Å². The van der Waals surface area contributed by atoms with Gasteiger partial charge in [0.05, 0.1) is 33.8 Å². The molecule has 3 atom stereocenters. The Labute approximate surface area is 482 Å². The van der Waals surface area contributed by atoms with Gasteiger partial charge in [0.1, 0.15) is 19.3 Å². The molecular weight excluding hydrogens is 988 g/mol. The number of phosphoric ester groups is 1. The van der Waals surface area contributed by atoms with Gasteiger partial charge in [-0.1, -0.05) is 254 Å². The van der Waals surface area contributed by atoms with Crippen molar-refractivity contribution in [2.24, 2.45) is 0 Å². The molecule has 78 heavy (non-hydrogen) atoms. The minimum absolute atomic E-state index is 0.0351. The van der Waals surface area contributed by atoms with Crippen LogP contribution in [0, 0.1) is 0 Å². The first-order valence-electron chi connectivity index (χ1n) is 32.4. The Hall–Kier alpha value is -2.81. The fourth-order valence-corrected chi connectivity index (χ4v) is 9.82. The molecule has 0 aliphatic rings. The zero-order valence-corrected chi connectivity index (χ0v) is 52.5. The van der Waals surface area contributed by atoms with Crippen molar-refractivity contribution in [2.75, 3.05) is 40.9 Å². The van der Waals surface area contributed by atoms with E-state index in [2.05, 4.69) is 99.0 Å². The number of carbonyl (C=O) groups is 2. The summed E-state index contributed by atoms with van der Waals surface area (Å²) in [7, 11) is 1.48. The maximum Gasteiger partial charge on any atom is 0.472 e. The molecule has 0 aromatic heterocycles. The highest BCUT2D eigenvalue weighted by molar-refractivity contribution is 7.47. The van der Waals surface area contributed by atoms with Crippen molar-refractivity contribution in [2.45, 2.75) is 296 Å². The number of allylic oxidation sites excluding steroid dienone is 13. The van der Waals surface area contributed by atoms with Crippen molar-refractivity contribution in [3.8, 4) is 0 Å².